The minimum Gasteiger partial charge on any atom is -0.493 e. The van der Waals surface area contributed by atoms with Crippen LogP contribution in [0.25, 0.3) is 0 Å². The van der Waals surface area contributed by atoms with E-state index in [4.69, 9.17) is 9.47 Å². The van der Waals surface area contributed by atoms with Gasteiger partial charge in [-0.15, -0.1) is 0 Å². The van der Waals surface area contributed by atoms with E-state index in [2.05, 4.69) is 20.3 Å². The number of aromatic nitrogens is 3. The second kappa shape index (κ2) is 6.29. The molecule has 0 unspecified atom stereocenters. The topological polar surface area (TPSA) is 86.2 Å². The molecule has 0 atom stereocenters. The molecule has 0 saturated carbocycles. The van der Waals surface area contributed by atoms with Crippen LogP contribution in [0.3, 0.4) is 0 Å². The summed E-state index contributed by atoms with van der Waals surface area (Å²) < 4.78 is 10.5. The zero-order chi connectivity index (χ0) is 13.5. The summed E-state index contributed by atoms with van der Waals surface area (Å²) in [4.78, 5) is 22.8. The maximum atomic E-state index is 11.6. The fraction of sp³-hybridized carbons (Fsp3) is 0.167. The molecule has 1 heterocycles. The van der Waals surface area contributed by atoms with E-state index in [-0.39, 0.29) is 18.5 Å². The Morgan fingerprint density at radius 1 is 1.21 bits per heavy atom. The van der Waals surface area contributed by atoms with E-state index in [1.807, 2.05) is 6.07 Å². The number of amides is 1. The van der Waals surface area contributed by atoms with Crippen molar-refractivity contribution in [2.45, 2.75) is 0 Å². The largest absolute Gasteiger partial charge is 0.493 e. The van der Waals surface area contributed by atoms with Crippen molar-refractivity contribution in [2.75, 3.05) is 19.0 Å². The number of hydrogen-bond donors (Lipinski definition) is 1. The molecule has 98 valence electrons. The summed E-state index contributed by atoms with van der Waals surface area (Å²) >= 11 is 0. The van der Waals surface area contributed by atoms with Crippen LogP contribution in [0.1, 0.15) is 0 Å². The van der Waals surface area contributed by atoms with Crippen molar-refractivity contribution in [1.29, 1.82) is 0 Å². The lowest BCUT2D eigenvalue weighted by Crippen LogP contribution is -2.21. The number of carbonyl (C=O) groups is 1. The second-order valence-electron chi connectivity index (χ2n) is 3.45. The molecular weight excluding hydrogens is 248 g/mol. The second-order valence-corrected chi connectivity index (χ2v) is 3.45. The third kappa shape index (κ3) is 3.63. The normalized spacial score (nSPS) is 9.74. The first kappa shape index (κ1) is 12.7. The van der Waals surface area contributed by atoms with Crippen LogP contribution >= 0.6 is 0 Å². The van der Waals surface area contributed by atoms with Gasteiger partial charge in [0.1, 0.15) is 12.7 Å². The molecule has 0 bridgehead atoms. The molecular formula is C12H12N4O3. The SMILES string of the molecule is COc1ccccc1OCC(=O)Nc1ncncn1. The van der Waals surface area contributed by atoms with Crippen molar-refractivity contribution in [3.63, 3.8) is 0 Å². The van der Waals surface area contributed by atoms with Crippen molar-refractivity contribution in [3.05, 3.63) is 36.9 Å². The van der Waals surface area contributed by atoms with E-state index in [1.165, 1.54) is 19.8 Å². The van der Waals surface area contributed by atoms with Crippen molar-refractivity contribution in [3.8, 4) is 11.5 Å². The summed E-state index contributed by atoms with van der Waals surface area (Å²) in [6.45, 7) is -0.161. The third-order valence-corrected chi connectivity index (χ3v) is 2.17. The third-order valence-electron chi connectivity index (χ3n) is 2.17. The van der Waals surface area contributed by atoms with Crippen LogP contribution in [0.5, 0.6) is 11.5 Å². The van der Waals surface area contributed by atoms with Gasteiger partial charge in [0.2, 0.25) is 5.95 Å². The number of rotatable bonds is 5. The van der Waals surface area contributed by atoms with Crippen LogP contribution in [-0.4, -0.2) is 34.6 Å². The Labute approximate surface area is 109 Å². The molecule has 1 N–H and O–H groups in total. The fourth-order valence-corrected chi connectivity index (χ4v) is 1.35. The summed E-state index contributed by atoms with van der Waals surface area (Å²) in [6, 6.07) is 7.08. The van der Waals surface area contributed by atoms with Crippen molar-refractivity contribution >= 4 is 11.9 Å². The number of nitrogens with one attached hydrogen (secondary N) is 1. The Kier molecular flexibility index (Phi) is 4.22. The average Bonchev–Trinajstić information content (AvgIpc) is 2.46. The Hall–Kier alpha value is -2.70. The quantitative estimate of drug-likeness (QED) is 0.859. The van der Waals surface area contributed by atoms with Crippen LogP contribution in [0, 0.1) is 0 Å². The van der Waals surface area contributed by atoms with E-state index in [9.17, 15) is 4.79 Å². The van der Waals surface area contributed by atoms with E-state index in [0.717, 1.165) is 0 Å². The first-order valence-electron chi connectivity index (χ1n) is 5.47. The van der Waals surface area contributed by atoms with Gasteiger partial charge in [-0.1, -0.05) is 12.1 Å². The highest BCUT2D eigenvalue weighted by molar-refractivity contribution is 5.90. The first-order valence-corrected chi connectivity index (χ1v) is 5.47. The molecule has 7 nitrogen and oxygen atoms in total. The molecule has 0 aliphatic carbocycles. The smallest absolute Gasteiger partial charge is 0.264 e. The highest BCUT2D eigenvalue weighted by Gasteiger charge is 2.07. The van der Waals surface area contributed by atoms with Gasteiger partial charge in [0, 0.05) is 0 Å². The molecule has 0 radical (unpaired) electrons. The van der Waals surface area contributed by atoms with Crippen LogP contribution in [-0.2, 0) is 4.79 Å². The highest BCUT2D eigenvalue weighted by atomic mass is 16.5. The van der Waals surface area contributed by atoms with Gasteiger partial charge in [0.15, 0.2) is 18.1 Å². The Morgan fingerprint density at radius 2 is 1.89 bits per heavy atom. The minimum atomic E-state index is -0.364. The molecule has 0 spiro atoms. The molecule has 0 saturated heterocycles. The van der Waals surface area contributed by atoms with Gasteiger partial charge in [0.05, 0.1) is 7.11 Å². The molecule has 19 heavy (non-hydrogen) atoms. The first-order chi connectivity index (χ1) is 9.29. The van der Waals surface area contributed by atoms with Gasteiger partial charge in [-0.2, -0.15) is 0 Å². The Balaban J connectivity index is 1.90. The molecule has 1 aromatic carbocycles. The zero-order valence-electron chi connectivity index (χ0n) is 10.2. The van der Waals surface area contributed by atoms with Gasteiger partial charge in [0.25, 0.3) is 5.91 Å². The number of nitrogens with zero attached hydrogens (tertiary/aromatic N) is 3. The molecule has 2 rings (SSSR count). The summed E-state index contributed by atoms with van der Waals surface area (Å²) in [5, 5.41) is 2.48. The molecule has 0 aliphatic heterocycles. The van der Waals surface area contributed by atoms with E-state index in [0.29, 0.717) is 11.5 Å². The van der Waals surface area contributed by atoms with Gasteiger partial charge in [-0.3, -0.25) is 10.1 Å². The van der Waals surface area contributed by atoms with Gasteiger partial charge < -0.3 is 9.47 Å². The van der Waals surface area contributed by atoms with Crippen molar-refractivity contribution in [1.82, 2.24) is 15.0 Å². The van der Waals surface area contributed by atoms with Crippen LogP contribution in [0.15, 0.2) is 36.9 Å². The lowest BCUT2D eigenvalue weighted by molar-refractivity contribution is -0.118. The van der Waals surface area contributed by atoms with Gasteiger partial charge in [-0.25, -0.2) is 15.0 Å². The monoisotopic (exact) mass is 260 g/mol. The summed E-state index contributed by atoms with van der Waals surface area (Å²) in [7, 11) is 1.53. The number of hydrogen-bond acceptors (Lipinski definition) is 6. The van der Waals surface area contributed by atoms with E-state index >= 15 is 0 Å². The van der Waals surface area contributed by atoms with E-state index in [1.54, 1.807) is 18.2 Å². The molecule has 1 amide bonds. The van der Waals surface area contributed by atoms with E-state index < -0.39 is 0 Å². The summed E-state index contributed by atoms with van der Waals surface area (Å²) in [5.41, 5.74) is 0. The summed E-state index contributed by atoms with van der Waals surface area (Å²) in [6.07, 6.45) is 2.59. The standard InChI is InChI=1S/C12H12N4O3/c1-18-9-4-2-3-5-10(9)19-6-11(17)16-12-14-7-13-8-15-12/h2-5,7-8H,6H2,1H3,(H,13,14,15,16,17). The highest BCUT2D eigenvalue weighted by Crippen LogP contribution is 2.25. The van der Waals surface area contributed by atoms with Crippen LogP contribution in [0.4, 0.5) is 5.95 Å². The predicted molar refractivity (Wildman–Crippen MR) is 66.9 cm³/mol. The zero-order valence-corrected chi connectivity index (χ0v) is 10.2. The molecule has 0 aliphatic rings. The number of ether oxygens (including phenoxy) is 2. The summed E-state index contributed by atoms with van der Waals surface area (Å²) in [5.74, 6) is 0.881. The molecule has 7 heteroatoms. The Bertz CT molecular complexity index is 548. The lowest BCUT2D eigenvalue weighted by Gasteiger charge is -2.09. The van der Waals surface area contributed by atoms with Gasteiger partial charge >= 0.3 is 0 Å². The van der Waals surface area contributed by atoms with Crippen LogP contribution in [0.2, 0.25) is 0 Å². The van der Waals surface area contributed by atoms with Gasteiger partial charge in [-0.05, 0) is 12.1 Å². The maximum absolute atomic E-state index is 11.6. The van der Waals surface area contributed by atoms with Crippen molar-refractivity contribution < 1.29 is 14.3 Å². The number of methoxy groups -OCH3 is 1. The maximum Gasteiger partial charge on any atom is 0.264 e. The number of para-hydroxylation sites is 2. The fourth-order valence-electron chi connectivity index (χ4n) is 1.35. The number of carbonyl (C=O) groups excluding carboxylic acids is 1. The van der Waals surface area contributed by atoms with Crippen LogP contribution < -0.4 is 14.8 Å². The lowest BCUT2D eigenvalue weighted by atomic mass is 10.3. The number of benzene rings is 1. The molecule has 2 aromatic rings. The predicted octanol–water partition coefficient (Wildman–Crippen LogP) is 0.898. The number of anilines is 1. The Morgan fingerprint density at radius 3 is 2.58 bits per heavy atom. The minimum absolute atomic E-state index is 0.161. The molecule has 0 fully saturated rings. The molecule has 1 aromatic heterocycles. The van der Waals surface area contributed by atoms with Crippen molar-refractivity contribution in [2.24, 2.45) is 0 Å². The average molecular weight is 260 g/mol.